The maximum atomic E-state index is 13.4. The van der Waals surface area contributed by atoms with Gasteiger partial charge in [0.05, 0.1) is 11.8 Å². The molecule has 0 saturated carbocycles. The summed E-state index contributed by atoms with van der Waals surface area (Å²) >= 11 is 6.51. The lowest BCUT2D eigenvalue weighted by Gasteiger charge is -2.12. The van der Waals surface area contributed by atoms with Crippen LogP contribution in [0.5, 0.6) is 11.5 Å². The van der Waals surface area contributed by atoms with Crippen molar-refractivity contribution in [2.45, 2.75) is 13.1 Å². The molecule has 0 spiro atoms. The molecule has 2 N–H and O–H groups in total. The van der Waals surface area contributed by atoms with Gasteiger partial charge in [-0.05, 0) is 12.1 Å². The third-order valence-corrected chi connectivity index (χ3v) is 5.02. The molecule has 35 heavy (non-hydrogen) atoms. The minimum Gasteiger partial charge on any atom is -0.454 e. The van der Waals surface area contributed by atoms with Gasteiger partial charge in [0.25, 0.3) is 5.56 Å². The number of aryl methyl sites for hydroxylation is 2. The van der Waals surface area contributed by atoms with E-state index in [1.165, 1.54) is 43.1 Å². The van der Waals surface area contributed by atoms with Crippen molar-refractivity contribution < 1.29 is 26.8 Å². The van der Waals surface area contributed by atoms with E-state index in [0.717, 1.165) is 0 Å². The van der Waals surface area contributed by atoms with Gasteiger partial charge in [-0.15, -0.1) is 0 Å². The molecule has 4 heterocycles. The van der Waals surface area contributed by atoms with Crippen LogP contribution in [-0.2, 0) is 25.0 Å². The number of rotatable bonds is 5. The minimum absolute atomic E-state index is 0.0158. The van der Waals surface area contributed by atoms with Gasteiger partial charge in [0.15, 0.2) is 11.4 Å². The molecule has 14 heteroatoms. The molecular weight excluding hydrogens is 491 g/mol. The summed E-state index contributed by atoms with van der Waals surface area (Å²) in [4.78, 5) is 36.2. The Balaban J connectivity index is 1.74. The topological polar surface area (TPSA) is 116 Å². The number of alkyl halides is 3. The zero-order valence-electron chi connectivity index (χ0n) is 20.9. The Morgan fingerprint density at radius 1 is 1.29 bits per heavy atom. The number of hydrogen-bond acceptors (Lipinski definition) is 7. The number of halogens is 4. The number of carbonyl (C=O) groups excluding carboxylic acids is 1. The van der Waals surface area contributed by atoms with Crippen LogP contribution in [0.2, 0.25) is 5.02 Å². The normalized spacial score (nSPS) is 13.1. The highest BCUT2D eigenvalue weighted by Gasteiger charge is 2.32. The standard InChI is InChI=1S/C21H17ClF3N7O3/c1-10(33)28-15-7-12(4-5-26-15)35-14-8-27-18-17(16(14)22)32(3)20(30-18)29-13-6-11(21(23,24)25)9-31(2)19(13)34/h4-9H,1-3H3,(H,26,28,33)(H,27,29,30)/i2D3. The Kier molecular flexibility index (Phi) is 5.16. The molecule has 1 amide bonds. The SMILES string of the molecule is [2H]C([2H])([2H])n1cc(C(F)(F)F)cc(Nc2nc3ncc(Oc4ccnc(NC(C)=O)c4)c(Cl)c3n2C)c1=O. The smallest absolute Gasteiger partial charge is 0.417 e. The quantitative estimate of drug-likeness (QED) is 0.413. The van der Waals surface area contributed by atoms with Crippen LogP contribution in [0.25, 0.3) is 11.2 Å². The first-order valence-electron chi connectivity index (χ1n) is 11.2. The van der Waals surface area contributed by atoms with Gasteiger partial charge in [-0.1, -0.05) is 11.6 Å². The molecule has 0 aliphatic heterocycles. The summed E-state index contributed by atoms with van der Waals surface area (Å²) in [7, 11) is 1.45. The van der Waals surface area contributed by atoms with E-state index >= 15 is 0 Å². The van der Waals surface area contributed by atoms with Gasteiger partial charge in [-0.25, -0.2) is 9.97 Å². The van der Waals surface area contributed by atoms with Gasteiger partial charge in [0.2, 0.25) is 11.9 Å². The maximum Gasteiger partial charge on any atom is 0.417 e. The number of amides is 1. The Morgan fingerprint density at radius 3 is 2.74 bits per heavy atom. The van der Waals surface area contributed by atoms with Gasteiger partial charge in [0.1, 0.15) is 27.8 Å². The second-order valence-corrected chi connectivity index (χ2v) is 7.58. The van der Waals surface area contributed by atoms with E-state index in [-0.39, 0.29) is 56.1 Å². The third-order valence-electron chi connectivity index (χ3n) is 4.66. The van der Waals surface area contributed by atoms with Crippen molar-refractivity contribution in [1.82, 2.24) is 24.1 Å². The highest BCUT2D eigenvalue weighted by molar-refractivity contribution is 6.36. The summed E-state index contributed by atoms with van der Waals surface area (Å²) in [6.45, 7) is -1.85. The molecule has 0 fully saturated rings. The van der Waals surface area contributed by atoms with Crippen molar-refractivity contribution in [1.29, 1.82) is 0 Å². The molecular formula is C21H17ClF3N7O3. The number of pyridine rings is 3. The molecule has 4 aromatic heterocycles. The average Bonchev–Trinajstić information content (AvgIpc) is 3.11. The van der Waals surface area contributed by atoms with E-state index < -0.39 is 30.0 Å². The first-order valence-corrected chi connectivity index (χ1v) is 10.1. The number of nitrogens with one attached hydrogen (secondary N) is 2. The van der Waals surface area contributed by atoms with Gasteiger partial charge in [-0.2, -0.15) is 18.2 Å². The molecule has 0 aliphatic carbocycles. The number of aromatic nitrogens is 5. The molecule has 10 nitrogen and oxygen atoms in total. The molecule has 0 aliphatic rings. The lowest BCUT2D eigenvalue weighted by atomic mass is 10.2. The Hall–Kier alpha value is -4.13. The summed E-state index contributed by atoms with van der Waals surface area (Å²) in [5.74, 6) is 0.101. The monoisotopic (exact) mass is 510 g/mol. The van der Waals surface area contributed by atoms with E-state index in [0.29, 0.717) is 6.07 Å². The molecule has 0 atom stereocenters. The molecule has 0 bridgehead atoms. The van der Waals surface area contributed by atoms with E-state index in [1.807, 2.05) is 0 Å². The Morgan fingerprint density at radius 2 is 2.06 bits per heavy atom. The van der Waals surface area contributed by atoms with Crippen LogP contribution in [0.15, 0.2) is 41.6 Å². The number of nitrogens with zero attached hydrogens (tertiary/aromatic N) is 5. The van der Waals surface area contributed by atoms with Gasteiger partial charge >= 0.3 is 6.18 Å². The lowest BCUT2D eigenvalue weighted by Crippen LogP contribution is -2.23. The number of imidazole rings is 1. The number of carbonyl (C=O) groups is 1. The zero-order chi connectivity index (χ0) is 28.0. The average molecular weight is 511 g/mol. The summed E-state index contributed by atoms with van der Waals surface area (Å²) in [6, 6.07) is 3.44. The van der Waals surface area contributed by atoms with Crippen molar-refractivity contribution in [2.75, 3.05) is 10.6 Å². The van der Waals surface area contributed by atoms with Crippen LogP contribution in [0, 0.1) is 0 Å². The first kappa shape index (κ1) is 20.3. The van der Waals surface area contributed by atoms with Crippen molar-refractivity contribution >= 4 is 46.1 Å². The largest absolute Gasteiger partial charge is 0.454 e. The minimum atomic E-state index is -4.92. The predicted molar refractivity (Wildman–Crippen MR) is 122 cm³/mol. The fourth-order valence-electron chi connectivity index (χ4n) is 3.09. The van der Waals surface area contributed by atoms with Crippen molar-refractivity contribution in [3.63, 3.8) is 0 Å². The first-order chi connectivity index (χ1) is 17.6. The summed E-state index contributed by atoms with van der Waals surface area (Å²) in [6.07, 6.45) is -2.04. The van der Waals surface area contributed by atoms with Crippen LogP contribution >= 0.6 is 11.6 Å². The number of fused-ring (bicyclic) bond motifs is 1. The van der Waals surface area contributed by atoms with E-state index in [1.54, 1.807) is 0 Å². The van der Waals surface area contributed by atoms with E-state index in [9.17, 15) is 22.8 Å². The van der Waals surface area contributed by atoms with Crippen LogP contribution in [-0.4, -0.2) is 30.0 Å². The second-order valence-electron chi connectivity index (χ2n) is 7.20. The highest BCUT2D eigenvalue weighted by atomic mass is 35.5. The molecule has 0 saturated heterocycles. The second kappa shape index (κ2) is 8.91. The van der Waals surface area contributed by atoms with E-state index in [2.05, 4.69) is 25.6 Å². The van der Waals surface area contributed by atoms with Crippen LogP contribution < -0.4 is 20.9 Å². The van der Waals surface area contributed by atoms with Crippen LogP contribution in [0.3, 0.4) is 0 Å². The van der Waals surface area contributed by atoms with Crippen LogP contribution in [0.4, 0.5) is 30.6 Å². The van der Waals surface area contributed by atoms with Gasteiger partial charge in [0, 0.05) is 43.5 Å². The number of hydrogen-bond donors (Lipinski definition) is 2. The molecule has 0 aromatic carbocycles. The molecule has 4 aromatic rings. The number of anilines is 3. The van der Waals surface area contributed by atoms with Crippen molar-refractivity contribution in [2.24, 2.45) is 14.0 Å². The molecule has 4 rings (SSSR count). The number of ether oxygens (including phenoxy) is 1. The summed E-state index contributed by atoms with van der Waals surface area (Å²) in [5, 5.41) is 4.99. The molecule has 0 radical (unpaired) electrons. The zero-order valence-corrected chi connectivity index (χ0v) is 18.7. The summed E-state index contributed by atoms with van der Waals surface area (Å²) < 4.78 is 69.6. The fourth-order valence-corrected chi connectivity index (χ4v) is 3.39. The lowest BCUT2D eigenvalue weighted by molar-refractivity contribution is -0.138. The van der Waals surface area contributed by atoms with E-state index in [4.69, 9.17) is 20.5 Å². The van der Waals surface area contributed by atoms with Crippen LogP contribution in [0.1, 0.15) is 16.6 Å². The highest BCUT2D eigenvalue weighted by Crippen LogP contribution is 2.36. The van der Waals surface area contributed by atoms with Crippen molar-refractivity contribution in [3.05, 3.63) is 57.7 Å². The molecule has 0 unspecified atom stereocenters. The van der Waals surface area contributed by atoms with Crippen molar-refractivity contribution in [3.8, 4) is 11.5 Å². The Labute approximate surface area is 204 Å². The predicted octanol–water partition coefficient (Wildman–Crippen LogP) is 4.23. The van der Waals surface area contributed by atoms with Gasteiger partial charge in [-0.3, -0.25) is 9.59 Å². The summed E-state index contributed by atoms with van der Waals surface area (Å²) in [5.41, 5.74) is -2.99. The maximum absolute atomic E-state index is 13.4. The van der Waals surface area contributed by atoms with Gasteiger partial charge < -0.3 is 24.5 Å². The third kappa shape index (κ3) is 4.89. The molecule has 182 valence electrons. The Bertz CT molecular complexity index is 1620. The fraction of sp³-hybridized carbons (Fsp3) is 0.190.